The number of carbonyl (C=O) groups is 1. The quantitative estimate of drug-likeness (QED) is 0.829. The van der Waals surface area contributed by atoms with Gasteiger partial charge in [0, 0.05) is 6.54 Å². The first-order chi connectivity index (χ1) is 10.2. The van der Waals surface area contributed by atoms with E-state index in [0.717, 1.165) is 5.56 Å². The van der Waals surface area contributed by atoms with Gasteiger partial charge in [-0.25, -0.2) is 4.39 Å². The Kier molecular flexibility index (Phi) is 5.58. The maximum absolute atomic E-state index is 14.0. The first-order valence-corrected chi connectivity index (χ1v) is 7.06. The molecule has 21 heavy (non-hydrogen) atoms. The minimum atomic E-state index is -0.431. The predicted molar refractivity (Wildman–Crippen MR) is 80.3 cm³/mol. The third kappa shape index (κ3) is 4.76. The third-order valence-corrected chi connectivity index (χ3v) is 3.07. The van der Waals surface area contributed by atoms with Gasteiger partial charge in [0.05, 0.1) is 0 Å². The van der Waals surface area contributed by atoms with Gasteiger partial charge in [-0.15, -0.1) is 11.6 Å². The van der Waals surface area contributed by atoms with Gasteiger partial charge in [0.2, 0.25) is 5.91 Å². The highest BCUT2D eigenvalue weighted by molar-refractivity contribution is 6.27. The van der Waals surface area contributed by atoms with Crippen LogP contribution in [0.5, 0.6) is 11.5 Å². The van der Waals surface area contributed by atoms with E-state index >= 15 is 0 Å². The standard InChI is InChI=1S/C16H15ClFNO2/c17-11-16(20)19-9-8-12-6-7-15(14(18)10-12)21-13-4-2-1-3-5-13/h1-7,10H,8-9,11H2,(H,19,20). The molecule has 2 aromatic carbocycles. The van der Waals surface area contributed by atoms with E-state index < -0.39 is 5.82 Å². The highest BCUT2D eigenvalue weighted by atomic mass is 35.5. The van der Waals surface area contributed by atoms with Gasteiger partial charge in [-0.05, 0) is 36.2 Å². The van der Waals surface area contributed by atoms with E-state index in [-0.39, 0.29) is 17.5 Å². The fraction of sp³-hybridized carbons (Fsp3) is 0.188. The number of amides is 1. The molecular weight excluding hydrogens is 293 g/mol. The summed E-state index contributed by atoms with van der Waals surface area (Å²) >= 11 is 5.37. The highest BCUT2D eigenvalue weighted by Crippen LogP contribution is 2.24. The molecule has 0 aliphatic rings. The third-order valence-electron chi connectivity index (χ3n) is 2.82. The first kappa shape index (κ1) is 15.3. The van der Waals surface area contributed by atoms with E-state index in [1.54, 1.807) is 24.3 Å². The molecule has 0 unspecified atom stereocenters. The van der Waals surface area contributed by atoms with Gasteiger partial charge in [0.1, 0.15) is 11.6 Å². The summed E-state index contributed by atoms with van der Waals surface area (Å²) in [5.74, 6) is 0.0209. The van der Waals surface area contributed by atoms with Crippen molar-refractivity contribution in [1.82, 2.24) is 5.32 Å². The van der Waals surface area contributed by atoms with E-state index in [0.29, 0.717) is 18.7 Å². The fourth-order valence-corrected chi connectivity index (χ4v) is 1.89. The normalized spacial score (nSPS) is 10.2. The van der Waals surface area contributed by atoms with Crippen LogP contribution in [-0.2, 0) is 11.2 Å². The molecule has 0 spiro atoms. The molecule has 0 saturated heterocycles. The van der Waals surface area contributed by atoms with E-state index in [1.807, 2.05) is 18.2 Å². The van der Waals surface area contributed by atoms with Crippen LogP contribution in [0.25, 0.3) is 0 Å². The average molecular weight is 308 g/mol. The van der Waals surface area contributed by atoms with Gasteiger partial charge in [-0.1, -0.05) is 24.3 Å². The number of para-hydroxylation sites is 1. The number of benzene rings is 2. The SMILES string of the molecule is O=C(CCl)NCCc1ccc(Oc2ccccc2)c(F)c1. The molecule has 0 heterocycles. The van der Waals surface area contributed by atoms with Crippen LogP contribution in [0.2, 0.25) is 0 Å². The van der Waals surface area contributed by atoms with Crippen molar-refractivity contribution in [2.75, 3.05) is 12.4 Å². The van der Waals surface area contributed by atoms with Crippen LogP contribution in [-0.4, -0.2) is 18.3 Å². The van der Waals surface area contributed by atoms with Gasteiger partial charge in [0.25, 0.3) is 0 Å². The molecule has 0 aliphatic carbocycles. The molecule has 110 valence electrons. The van der Waals surface area contributed by atoms with Crippen molar-refractivity contribution >= 4 is 17.5 Å². The van der Waals surface area contributed by atoms with Crippen molar-refractivity contribution in [3.63, 3.8) is 0 Å². The van der Waals surface area contributed by atoms with Crippen molar-refractivity contribution < 1.29 is 13.9 Å². The van der Waals surface area contributed by atoms with Crippen molar-refractivity contribution in [2.24, 2.45) is 0 Å². The lowest BCUT2D eigenvalue weighted by Crippen LogP contribution is -2.26. The van der Waals surface area contributed by atoms with Crippen molar-refractivity contribution in [3.05, 3.63) is 59.9 Å². The zero-order chi connectivity index (χ0) is 15.1. The Morgan fingerprint density at radius 2 is 1.95 bits per heavy atom. The molecule has 2 aromatic rings. The Morgan fingerprint density at radius 1 is 1.19 bits per heavy atom. The molecule has 1 amide bonds. The second-order valence-electron chi connectivity index (χ2n) is 4.41. The lowest BCUT2D eigenvalue weighted by molar-refractivity contribution is -0.118. The van der Waals surface area contributed by atoms with Crippen molar-refractivity contribution in [3.8, 4) is 11.5 Å². The molecule has 0 saturated carbocycles. The molecule has 0 fully saturated rings. The first-order valence-electron chi connectivity index (χ1n) is 6.53. The maximum Gasteiger partial charge on any atom is 0.234 e. The minimum Gasteiger partial charge on any atom is -0.454 e. The van der Waals surface area contributed by atoms with Crippen molar-refractivity contribution in [1.29, 1.82) is 0 Å². The fourth-order valence-electron chi connectivity index (χ4n) is 1.79. The zero-order valence-corrected chi connectivity index (χ0v) is 12.1. The Balaban J connectivity index is 1.96. The lowest BCUT2D eigenvalue weighted by Gasteiger charge is -2.08. The van der Waals surface area contributed by atoms with Gasteiger partial charge < -0.3 is 10.1 Å². The maximum atomic E-state index is 14.0. The molecular formula is C16H15ClFNO2. The summed E-state index contributed by atoms with van der Waals surface area (Å²) in [6.07, 6.45) is 0.533. The summed E-state index contributed by atoms with van der Waals surface area (Å²) < 4.78 is 19.4. The monoisotopic (exact) mass is 307 g/mol. The van der Waals surface area contributed by atoms with Crippen LogP contribution < -0.4 is 10.1 Å². The van der Waals surface area contributed by atoms with Gasteiger partial charge in [-0.2, -0.15) is 0 Å². The van der Waals surface area contributed by atoms with Gasteiger partial charge >= 0.3 is 0 Å². The summed E-state index contributed by atoms with van der Waals surface area (Å²) in [6, 6.07) is 13.8. The highest BCUT2D eigenvalue weighted by Gasteiger charge is 2.06. The van der Waals surface area contributed by atoms with Crippen LogP contribution >= 0.6 is 11.6 Å². The number of rotatable bonds is 6. The minimum absolute atomic E-state index is 0.0712. The van der Waals surface area contributed by atoms with E-state index in [4.69, 9.17) is 16.3 Å². The van der Waals surface area contributed by atoms with Crippen molar-refractivity contribution in [2.45, 2.75) is 6.42 Å². The largest absolute Gasteiger partial charge is 0.454 e. The zero-order valence-electron chi connectivity index (χ0n) is 11.3. The number of alkyl halides is 1. The second-order valence-corrected chi connectivity index (χ2v) is 4.68. The molecule has 0 radical (unpaired) electrons. The number of hydrogen-bond acceptors (Lipinski definition) is 2. The molecule has 0 aliphatic heterocycles. The number of nitrogens with one attached hydrogen (secondary N) is 1. The summed E-state index contributed by atoms with van der Waals surface area (Å²) in [4.78, 5) is 11.0. The molecule has 3 nitrogen and oxygen atoms in total. The molecule has 2 rings (SSSR count). The summed E-state index contributed by atoms with van der Waals surface area (Å²) in [6.45, 7) is 0.421. The summed E-state index contributed by atoms with van der Waals surface area (Å²) in [5.41, 5.74) is 0.780. The average Bonchev–Trinajstić information content (AvgIpc) is 2.51. The topological polar surface area (TPSA) is 38.3 Å². The molecule has 0 aromatic heterocycles. The van der Waals surface area contributed by atoms with Crippen LogP contribution in [0.15, 0.2) is 48.5 Å². The second kappa shape index (κ2) is 7.64. The predicted octanol–water partition coefficient (Wildman–Crippen LogP) is 3.52. The number of halogens is 2. The molecule has 5 heteroatoms. The van der Waals surface area contributed by atoms with Crippen LogP contribution in [0.4, 0.5) is 4.39 Å². The molecule has 0 atom stereocenters. The Labute approximate surface area is 127 Å². The molecule has 0 bridgehead atoms. The van der Waals surface area contributed by atoms with Crippen LogP contribution in [0.1, 0.15) is 5.56 Å². The molecule has 1 N–H and O–H groups in total. The summed E-state index contributed by atoms with van der Waals surface area (Å²) in [7, 11) is 0. The van der Waals surface area contributed by atoms with Gasteiger partial charge in [0.15, 0.2) is 11.6 Å². The Hall–Kier alpha value is -2.07. The van der Waals surface area contributed by atoms with Crippen LogP contribution in [0.3, 0.4) is 0 Å². The van der Waals surface area contributed by atoms with Gasteiger partial charge in [-0.3, -0.25) is 4.79 Å². The van der Waals surface area contributed by atoms with Crippen LogP contribution in [0, 0.1) is 5.82 Å². The van der Waals surface area contributed by atoms with E-state index in [1.165, 1.54) is 6.07 Å². The smallest absolute Gasteiger partial charge is 0.234 e. The number of carbonyl (C=O) groups excluding carboxylic acids is 1. The summed E-state index contributed by atoms with van der Waals surface area (Å²) in [5, 5.41) is 2.63. The lowest BCUT2D eigenvalue weighted by atomic mass is 10.1. The van der Waals surface area contributed by atoms with E-state index in [2.05, 4.69) is 5.32 Å². The Bertz CT molecular complexity index is 604. The number of ether oxygens (including phenoxy) is 1. The number of hydrogen-bond donors (Lipinski definition) is 1. The Morgan fingerprint density at radius 3 is 2.62 bits per heavy atom. The van der Waals surface area contributed by atoms with E-state index in [9.17, 15) is 9.18 Å².